The van der Waals surface area contributed by atoms with Crippen LogP contribution in [0.15, 0.2) is 70.0 Å². The lowest BCUT2D eigenvalue weighted by atomic mass is 10.1. The van der Waals surface area contributed by atoms with Crippen LogP contribution in [0.25, 0.3) is 0 Å². The van der Waals surface area contributed by atoms with E-state index in [1.165, 1.54) is 6.20 Å². The largest absolute Gasteiger partial charge is 0.496 e. The average molecular weight is 493 g/mol. The summed E-state index contributed by atoms with van der Waals surface area (Å²) in [6.45, 7) is 4.28. The molecule has 9 heteroatoms. The van der Waals surface area contributed by atoms with Gasteiger partial charge in [0.05, 0.1) is 23.7 Å². The number of carbonyl (C=O) groups is 1. The van der Waals surface area contributed by atoms with Crippen LogP contribution in [0.1, 0.15) is 25.0 Å². The van der Waals surface area contributed by atoms with Crippen molar-refractivity contribution in [3.63, 3.8) is 0 Å². The Labute approximate surface area is 203 Å². The Balaban J connectivity index is 2.11. The Kier molecular flexibility index (Phi) is 9.97. The van der Waals surface area contributed by atoms with Crippen LogP contribution in [0.5, 0.6) is 5.75 Å². The summed E-state index contributed by atoms with van der Waals surface area (Å²) in [5.74, 6) is 0.821. The Morgan fingerprint density at radius 3 is 2.50 bits per heavy atom. The lowest BCUT2D eigenvalue weighted by molar-refractivity contribution is -0.114. The smallest absolute Gasteiger partial charge is 0.275 e. The fourth-order valence-corrected chi connectivity index (χ4v) is 3.36. The first-order valence-electron chi connectivity index (χ1n) is 9.73. The molecule has 0 atom stereocenters. The molecule has 0 spiro atoms. The second-order valence-corrected chi connectivity index (χ2v) is 8.08. The number of allylic oxidation sites excluding steroid dienone is 1. The molecular formula is C23H26Cl2N4O2S. The van der Waals surface area contributed by atoms with E-state index in [2.05, 4.69) is 28.3 Å². The summed E-state index contributed by atoms with van der Waals surface area (Å²) in [4.78, 5) is 18.1. The molecule has 0 aliphatic heterocycles. The number of nitrogens with zero attached hydrogens (tertiary/aromatic N) is 1. The first-order chi connectivity index (χ1) is 15.3. The van der Waals surface area contributed by atoms with Gasteiger partial charge in [-0.25, -0.2) is 0 Å². The van der Waals surface area contributed by atoms with E-state index in [-0.39, 0.29) is 18.2 Å². The summed E-state index contributed by atoms with van der Waals surface area (Å²) in [6, 6.07) is 10.9. The van der Waals surface area contributed by atoms with E-state index in [1.54, 1.807) is 32.2 Å². The van der Waals surface area contributed by atoms with E-state index < -0.39 is 0 Å². The van der Waals surface area contributed by atoms with E-state index in [9.17, 15) is 4.79 Å². The minimum Gasteiger partial charge on any atom is -0.496 e. The first kappa shape index (κ1) is 25.6. The number of benzene rings is 2. The van der Waals surface area contributed by atoms with Crippen molar-refractivity contribution in [1.82, 2.24) is 10.6 Å². The van der Waals surface area contributed by atoms with Gasteiger partial charge < -0.3 is 21.1 Å². The van der Waals surface area contributed by atoms with Crippen LogP contribution in [0, 0.1) is 0 Å². The standard InChI is InChI=1S/C23H26Cl2N4O2S/c1-4-21(27-12-15-5-7-17(24)18(25)9-15)29-23(30)22(14(2)11-26)28-13-16-6-8-19(31-3)20(32)10-16/h4-11,27,32H,12-13,26H2,1-3H3,(H,29,30). The van der Waals surface area contributed by atoms with Crippen LogP contribution in [0.3, 0.4) is 0 Å². The summed E-state index contributed by atoms with van der Waals surface area (Å²) in [7, 11) is 1.58. The van der Waals surface area contributed by atoms with E-state index in [0.717, 1.165) is 11.1 Å². The molecule has 0 heterocycles. The zero-order valence-corrected chi connectivity index (χ0v) is 20.5. The Hall–Kier alpha value is -2.61. The number of halogens is 2. The molecule has 0 bridgehead atoms. The van der Waals surface area contributed by atoms with Crippen LogP contribution >= 0.6 is 35.8 Å². The Morgan fingerprint density at radius 1 is 1.19 bits per heavy atom. The van der Waals surface area contributed by atoms with Crippen molar-refractivity contribution in [3.05, 3.63) is 81.2 Å². The van der Waals surface area contributed by atoms with Crippen molar-refractivity contribution < 1.29 is 9.53 Å². The van der Waals surface area contributed by atoms with Gasteiger partial charge in [0.25, 0.3) is 5.91 Å². The molecule has 2 aromatic carbocycles. The lowest BCUT2D eigenvalue weighted by Crippen LogP contribution is -2.36. The molecule has 6 nitrogen and oxygen atoms in total. The second kappa shape index (κ2) is 12.4. The van der Waals surface area contributed by atoms with Gasteiger partial charge in [0.1, 0.15) is 17.3 Å². The normalized spacial score (nSPS) is 12.5. The summed E-state index contributed by atoms with van der Waals surface area (Å²) >= 11 is 16.4. The van der Waals surface area contributed by atoms with Gasteiger partial charge in [0.15, 0.2) is 0 Å². The molecule has 0 aliphatic rings. The number of methoxy groups -OCH3 is 1. The number of ether oxygens (including phenoxy) is 1. The zero-order valence-electron chi connectivity index (χ0n) is 18.1. The van der Waals surface area contributed by atoms with Gasteiger partial charge in [-0.3, -0.25) is 9.79 Å². The van der Waals surface area contributed by atoms with Gasteiger partial charge in [-0.05, 0) is 67.1 Å². The first-order valence-corrected chi connectivity index (χ1v) is 10.9. The van der Waals surface area contributed by atoms with Crippen molar-refractivity contribution in [2.24, 2.45) is 10.7 Å². The van der Waals surface area contributed by atoms with Crippen LogP contribution in [0.2, 0.25) is 10.0 Å². The van der Waals surface area contributed by atoms with Gasteiger partial charge >= 0.3 is 0 Å². The van der Waals surface area contributed by atoms with E-state index in [1.807, 2.05) is 31.2 Å². The monoisotopic (exact) mass is 492 g/mol. The van der Waals surface area contributed by atoms with Crippen LogP contribution in [-0.2, 0) is 17.9 Å². The number of rotatable bonds is 9. The molecule has 170 valence electrons. The number of amides is 1. The molecular weight excluding hydrogens is 467 g/mol. The van der Waals surface area contributed by atoms with Gasteiger partial charge in [-0.15, -0.1) is 12.6 Å². The van der Waals surface area contributed by atoms with E-state index in [4.69, 9.17) is 33.7 Å². The maximum absolute atomic E-state index is 12.9. The molecule has 0 aliphatic carbocycles. The molecule has 2 rings (SSSR count). The number of aliphatic imine (C=N–C) groups is 1. The summed E-state index contributed by atoms with van der Waals surface area (Å²) in [6.07, 6.45) is 3.11. The predicted molar refractivity (Wildman–Crippen MR) is 135 cm³/mol. The average Bonchev–Trinajstić information content (AvgIpc) is 2.78. The molecule has 0 fully saturated rings. The number of hydrogen-bond acceptors (Lipinski definition) is 6. The highest BCUT2D eigenvalue weighted by Gasteiger charge is 2.15. The molecule has 1 amide bonds. The van der Waals surface area contributed by atoms with Crippen molar-refractivity contribution in [3.8, 4) is 5.75 Å². The maximum atomic E-state index is 12.9. The Bertz CT molecular complexity index is 1070. The number of hydrogen-bond donors (Lipinski definition) is 4. The third-order valence-electron chi connectivity index (χ3n) is 4.51. The van der Waals surface area contributed by atoms with E-state index >= 15 is 0 Å². The summed E-state index contributed by atoms with van der Waals surface area (Å²) < 4.78 is 5.21. The van der Waals surface area contributed by atoms with Crippen molar-refractivity contribution in [1.29, 1.82) is 0 Å². The number of nitrogens with two attached hydrogens (primary N) is 1. The second-order valence-electron chi connectivity index (χ2n) is 6.78. The van der Waals surface area contributed by atoms with Crippen LogP contribution in [-0.4, -0.2) is 18.7 Å². The minimum absolute atomic E-state index is 0.236. The van der Waals surface area contributed by atoms with Crippen molar-refractivity contribution in [2.75, 3.05) is 7.11 Å². The molecule has 0 saturated carbocycles. The SMILES string of the molecule is CC=C(NCc1ccc(Cl)c(Cl)c1)NC(=O)C(=NCc1ccc(OC)c(S)c1)C(C)=CN. The summed E-state index contributed by atoms with van der Waals surface area (Å²) in [5.41, 5.74) is 8.26. The van der Waals surface area contributed by atoms with Gasteiger partial charge in [-0.1, -0.05) is 35.3 Å². The number of carbonyl (C=O) groups excluding carboxylic acids is 1. The molecule has 0 saturated heterocycles. The van der Waals surface area contributed by atoms with Gasteiger partial charge in [0.2, 0.25) is 0 Å². The fourth-order valence-electron chi connectivity index (χ4n) is 2.71. The summed E-state index contributed by atoms with van der Waals surface area (Å²) in [5, 5.41) is 6.96. The molecule has 32 heavy (non-hydrogen) atoms. The van der Waals surface area contributed by atoms with Crippen LogP contribution in [0.4, 0.5) is 0 Å². The topological polar surface area (TPSA) is 88.7 Å². The minimum atomic E-state index is -0.376. The van der Waals surface area contributed by atoms with Crippen LogP contribution < -0.4 is 21.1 Å². The highest BCUT2D eigenvalue weighted by Crippen LogP contribution is 2.24. The fraction of sp³-hybridized carbons (Fsp3) is 0.217. The Morgan fingerprint density at radius 2 is 1.91 bits per heavy atom. The van der Waals surface area contributed by atoms with Gasteiger partial charge in [-0.2, -0.15) is 0 Å². The van der Waals surface area contributed by atoms with E-state index in [0.29, 0.717) is 38.6 Å². The predicted octanol–water partition coefficient (Wildman–Crippen LogP) is 4.86. The molecule has 0 unspecified atom stereocenters. The molecule has 2 aromatic rings. The maximum Gasteiger partial charge on any atom is 0.275 e. The van der Waals surface area contributed by atoms with Crippen molar-refractivity contribution >= 4 is 47.4 Å². The third kappa shape index (κ3) is 7.22. The molecule has 0 aromatic heterocycles. The lowest BCUT2D eigenvalue weighted by Gasteiger charge is -2.14. The highest BCUT2D eigenvalue weighted by atomic mass is 35.5. The van der Waals surface area contributed by atoms with Gasteiger partial charge in [0, 0.05) is 11.4 Å². The zero-order chi connectivity index (χ0) is 23.7. The molecule has 4 N–H and O–H groups in total. The quantitative estimate of drug-likeness (QED) is 0.297. The third-order valence-corrected chi connectivity index (χ3v) is 5.59. The number of thiol groups is 1. The number of nitrogens with one attached hydrogen (secondary N) is 2. The highest BCUT2D eigenvalue weighted by molar-refractivity contribution is 7.80. The molecule has 0 radical (unpaired) electrons. The van der Waals surface area contributed by atoms with Crippen molar-refractivity contribution in [2.45, 2.75) is 31.8 Å².